The Morgan fingerprint density at radius 1 is 0.929 bits per heavy atom. The topological polar surface area (TPSA) is 135 Å². The lowest BCUT2D eigenvalue weighted by atomic mass is 9.99. The first-order valence-corrected chi connectivity index (χ1v) is 19.9. The second kappa shape index (κ2) is 18.1. The number of amides is 2. The molecule has 2 aliphatic rings. The van der Waals surface area contributed by atoms with E-state index >= 15 is 0 Å². The van der Waals surface area contributed by atoms with Crippen LogP contribution in [0.15, 0.2) is 66.9 Å². The predicted molar refractivity (Wildman–Crippen MR) is 220 cm³/mol. The average molecular weight is 759 g/mol. The van der Waals surface area contributed by atoms with E-state index in [2.05, 4.69) is 75.4 Å². The van der Waals surface area contributed by atoms with E-state index in [1.807, 2.05) is 42.1 Å². The van der Waals surface area contributed by atoms with Gasteiger partial charge in [0.05, 0.1) is 24.4 Å². The minimum absolute atomic E-state index is 0.250. The van der Waals surface area contributed by atoms with Gasteiger partial charge in [-0.25, -0.2) is 9.67 Å². The van der Waals surface area contributed by atoms with Crippen molar-refractivity contribution in [3.05, 3.63) is 106 Å². The highest BCUT2D eigenvalue weighted by Crippen LogP contribution is 2.33. The van der Waals surface area contributed by atoms with Gasteiger partial charge in [0, 0.05) is 99.6 Å². The van der Waals surface area contributed by atoms with Crippen LogP contribution in [0.4, 0.5) is 5.69 Å². The zero-order chi connectivity index (χ0) is 39.0. The molecule has 0 aliphatic carbocycles. The number of anilines is 1. The predicted octanol–water partition coefficient (Wildman–Crippen LogP) is 5.85. The number of carbonyl (C=O) groups is 2. The zero-order valence-electron chi connectivity index (χ0n) is 33.0. The molecule has 4 heterocycles. The van der Waals surface area contributed by atoms with Crippen molar-refractivity contribution < 1.29 is 19.1 Å². The maximum absolute atomic E-state index is 13.8. The Bertz CT molecular complexity index is 2170. The van der Waals surface area contributed by atoms with Gasteiger partial charge in [-0.2, -0.15) is 5.10 Å². The van der Waals surface area contributed by atoms with Gasteiger partial charge < -0.3 is 30.7 Å². The Kier molecular flexibility index (Phi) is 12.6. The van der Waals surface area contributed by atoms with Crippen molar-refractivity contribution in [2.45, 2.75) is 72.3 Å². The molecular weight excluding hydrogens is 705 g/mol. The molecule has 3 aromatic carbocycles. The van der Waals surface area contributed by atoms with Crippen LogP contribution in [-0.2, 0) is 37.3 Å². The van der Waals surface area contributed by atoms with Gasteiger partial charge in [-0.1, -0.05) is 31.2 Å². The minimum atomic E-state index is -0.259. The van der Waals surface area contributed by atoms with Crippen molar-refractivity contribution in [1.82, 2.24) is 35.6 Å². The molecule has 2 aliphatic heterocycles. The summed E-state index contributed by atoms with van der Waals surface area (Å²) in [6.07, 6.45) is 4.37. The van der Waals surface area contributed by atoms with E-state index in [1.165, 1.54) is 5.56 Å². The standard InChI is InChI=1S/C44H54N8O4/c1-5-39-37(41(49-35-12-18-56-19-13-35)38-27-48-52(6-2)42(38)50-39)26-47-44(54)34-21-29(3)20-33(24-34)43(53)46-25-30-10-11-40(55-4)36(23-30)32-9-7-8-31(22-32)28-51-16-14-45-15-17-51/h7-11,20-24,27,35,45H,5-6,12-19,25-26,28H2,1-4H3,(H,46,53)(H,47,54)(H,49,50). The maximum atomic E-state index is 13.8. The summed E-state index contributed by atoms with van der Waals surface area (Å²) in [5.74, 6) is 0.264. The number of hydrogen-bond acceptors (Lipinski definition) is 9. The number of piperazine rings is 1. The highest BCUT2D eigenvalue weighted by atomic mass is 16.5. The number of carbonyl (C=O) groups excluding carboxylic acids is 2. The van der Waals surface area contributed by atoms with Crippen LogP contribution in [-0.4, -0.2) is 84.0 Å². The first kappa shape index (κ1) is 39.0. The molecule has 0 spiro atoms. The summed E-state index contributed by atoms with van der Waals surface area (Å²) in [5, 5.41) is 19.0. The molecule has 2 fully saturated rings. The van der Waals surface area contributed by atoms with Crippen molar-refractivity contribution >= 4 is 28.5 Å². The molecule has 0 unspecified atom stereocenters. The maximum Gasteiger partial charge on any atom is 0.251 e. The third-order valence-corrected chi connectivity index (χ3v) is 10.8. The largest absolute Gasteiger partial charge is 0.496 e. The number of ether oxygens (including phenoxy) is 2. The van der Waals surface area contributed by atoms with Crippen LogP contribution in [0.1, 0.15) is 75.4 Å². The van der Waals surface area contributed by atoms with Crippen LogP contribution in [0.3, 0.4) is 0 Å². The highest BCUT2D eigenvalue weighted by molar-refractivity contribution is 6.00. The second-order valence-electron chi connectivity index (χ2n) is 14.7. The van der Waals surface area contributed by atoms with Gasteiger partial charge in [0.15, 0.2) is 5.65 Å². The number of nitrogens with zero attached hydrogens (tertiary/aromatic N) is 4. The molecule has 7 rings (SSSR count). The Hall–Kier alpha value is -5.30. The van der Waals surface area contributed by atoms with Crippen LogP contribution < -0.4 is 26.0 Å². The summed E-state index contributed by atoms with van der Waals surface area (Å²) in [6.45, 7) is 13.8. The molecule has 2 saturated heterocycles. The number of benzene rings is 3. The Labute approximate surface area is 329 Å². The number of pyridine rings is 1. The lowest BCUT2D eigenvalue weighted by molar-refractivity contribution is 0.0904. The lowest BCUT2D eigenvalue weighted by Gasteiger charge is -2.27. The van der Waals surface area contributed by atoms with Gasteiger partial charge in [-0.15, -0.1) is 0 Å². The van der Waals surface area contributed by atoms with E-state index in [9.17, 15) is 9.59 Å². The summed E-state index contributed by atoms with van der Waals surface area (Å²) >= 11 is 0. The summed E-state index contributed by atoms with van der Waals surface area (Å²) in [4.78, 5) is 34.8. The second-order valence-corrected chi connectivity index (χ2v) is 14.7. The molecule has 56 heavy (non-hydrogen) atoms. The van der Waals surface area contributed by atoms with E-state index < -0.39 is 0 Å². The van der Waals surface area contributed by atoms with Crippen LogP contribution in [0, 0.1) is 6.92 Å². The Morgan fingerprint density at radius 2 is 1.68 bits per heavy atom. The first-order chi connectivity index (χ1) is 27.3. The normalized spacial score (nSPS) is 15.1. The van der Waals surface area contributed by atoms with Crippen molar-refractivity contribution in [2.75, 3.05) is 51.8 Å². The number of hydrogen-bond donors (Lipinski definition) is 4. The van der Waals surface area contributed by atoms with Crippen LogP contribution >= 0.6 is 0 Å². The number of aromatic nitrogens is 3. The van der Waals surface area contributed by atoms with Gasteiger partial charge in [0.25, 0.3) is 11.8 Å². The number of rotatable bonds is 14. The lowest BCUT2D eigenvalue weighted by Crippen LogP contribution is -2.42. The van der Waals surface area contributed by atoms with Gasteiger partial charge >= 0.3 is 0 Å². The molecular formula is C44H54N8O4. The van der Waals surface area contributed by atoms with Crippen molar-refractivity contribution in [3.8, 4) is 16.9 Å². The number of nitrogens with one attached hydrogen (secondary N) is 4. The average Bonchev–Trinajstić information content (AvgIpc) is 3.65. The van der Waals surface area contributed by atoms with E-state index in [0.717, 1.165) is 102 Å². The van der Waals surface area contributed by atoms with Gasteiger partial charge in [-0.3, -0.25) is 14.5 Å². The molecule has 0 saturated carbocycles. The molecule has 12 nitrogen and oxygen atoms in total. The molecule has 0 atom stereocenters. The quantitative estimate of drug-likeness (QED) is 0.110. The SMILES string of the molecule is CCc1nc2c(cnn2CC)c(NC2CCOCC2)c1CNC(=O)c1cc(C)cc(C(=O)NCc2ccc(OC)c(-c3cccc(CN4CCNCC4)c3)c2)c1. The molecule has 2 amide bonds. The first-order valence-electron chi connectivity index (χ1n) is 19.9. The molecule has 0 radical (unpaired) electrons. The molecule has 2 aromatic heterocycles. The van der Waals surface area contributed by atoms with E-state index in [-0.39, 0.29) is 24.4 Å². The van der Waals surface area contributed by atoms with E-state index in [1.54, 1.807) is 13.2 Å². The molecule has 0 bridgehead atoms. The third kappa shape index (κ3) is 9.04. The smallest absolute Gasteiger partial charge is 0.251 e. The number of methoxy groups -OCH3 is 1. The number of aryl methyl sites for hydroxylation is 3. The van der Waals surface area contributed by atoms with Gasteiger partial charge in [0.1, 0.15) is 5.75 Å². The monoisotopic (exact) mass is 758 g/mol. The van der Waals surface area contributed by atoms with Gasteiger partial charge in [-0.05, 0) is 91.8 Å². The van der Waals surface area contributed by atoms with Crippen LogP contribution in [0.2, 0.25) is 0 Å². The fourth-order valence-corrected chi connectivity index (χ4v) is 7.76. The fourth-order valence-electron chi connectivity index (χ4n) is 7.76. The van der Waals surface area contributed by atoms with E-state index in [4.69, 9.17) is 14.5 Å². The Balaban J connectivity index is 1.05. The summed E-state index contributed by atoms with van der Waals surface area (Å²) in [6, 6.07) is 20.1. The van der Waals surface area contributed by atoms with Crippen LogP contribution in [0.5, 0.6) is 5.75 Å². The summed E-state index contributed by atoms with van der Waals surface area (Å²) in [7, 11) is 1.68. The summed E-state index contributed by atoms with van der Waals surface area (Å²) in [5.41, 5.74) is 9.58. The number of fused-ring (bicyclic) bond motifs is 1. The molecule has 4 N–H and O–H groups in total. The zero-order valence-corrected chi connectivity index (χ0v) is 33.0. The van der Waals surface area contributed by atoms with Crippen molar-refractivity contribution in [1.29, 1.82) is 0 Å². The van der Waals surface area contributed by atoms with Gasteiger partial charge in [0.2, 0.25) is 0 Å². The minimum Gasteiger partial charge on any atom is -0.496 e. The summed E-state index contributed by atoms with van der Waals surface area (Å²) < 4.78 is 13.3. The van der Waals surface area contributed by atoms with Crippen molar-refractivity contribution in [2.24, 2.45) is 0 Å². The van der Waals surface area contributed by atoms with Crippen LogP contribution in [0.25, 0.3) is 22.2 Å². The highest BCUT2D eigenvalue weighted by Gasteiger charge is 2.23. The fraction of sp³-hybridized carbons (Fsp3) is 0.409. The Morgan fingerprint density at radius 3 is 2.39 bits per heavy atom. The molecule has 12 heteroatoms. The molecule has 5 aromatic rings. The van der Waals surface area contributed by atoms with E-state index in [0.29, 0.717) is 43.9 Å². The third-order valence-electron chi connectivity index (χ3n) is 10.8. The molecule has 294 valence electrons. The van der Waals surface area contributed by atoms with Crippen molar-refractivity contribution in [3.63, 3.8) is 0 Å².